The number of pyridine rings is 1. The first kappa shape index (κ1) is 19.1. The zero-order valence-electron chi connectivity index (χ0n) is 16.4. The largest absolute Gasteiger partial charge is 0.377 e. The Hall–Kier alpha value is -2.24. The van der Waals surface area contributed by atoms with Gasteiger partial charge in [0.25, 0.3) is 5.91 Å². The topological polar surface area (TPSA) is 45.7 Å². The Bertz CT molecular complexity index is 753. The number of fused-ring (bicyclic) bond motifs is 4. The molecule has 3 saturated heterocycles. The predicted molar refractivity (Wildman–Crippen MR) is 109 cm³/mol. The van der Waals surface area contributed by atoms with Crippen molar-refractivity contribution in [3.05, 3.63) is 66.0 Å². The van der Waals surface area contributed by atoms with Crippen LogP contribution >= 0.6 is 0 Å². The van der Waals surface area contributed by atoms with Crippen LogP contribution in [0, 0.1) is 5.92 Å². The van der Waals surface area contributed by atoms with Crippen molar-refractivity contribution in [3.8, 4) is 0 Å². The van der Waals surface area contributed by atoms with Crippen molar-refractivity contribution in [2.75, 3.05) is 32.8 Å². The monoisotopic (exact) mass is 379 g/mol. The van der Waals surface area contributed by atoms with Crippen LogP contribution in [0.4, 0.5) is 0 Å². The van der Waals surface area contributed by atoms with E-state index >= 15 is 0 Å². The predicted octanol–water partition coefficient (Wildman–Crippen LogP) is 3.22. The molecule has 2 bridgehead atoms. The first-order valence-electron chi connectivity index (χ1n) is 10.4. The molecule has 5 heteroatoms. The molecule has 3 aliphatic heterocycles. The number of hydrogen-bond acceptors (Lipinski definition) is 4. The van der Waals surface area contributed by atoms with Gasteiger partial charge in [-0.05, 0) is 42.9 Å². The van der Waals surface area contributed by atoms with Crippen LogP contribution in [-0.4, -0.2) is 59.5 Å². The molecule has 5 nitrogen and oxygen atoms in total. The Morgan fingerprint density at radius 2 is 1.89 bits per heavy atom. The summed E-state index contributed by atoms with van der Waals surface area (Å²) in [5.74, 6) is 0.641. The number of carbonyl (C=O) groups excluding carboxylic acids is 1. The van der Waals surface area contributed by atoms with Crippen molar-refractivity contribution in [1.29, 1.82) is 0 Å². The molecule has 2 aromatic rings. The average Bonchev–Trinajstić information content (AvgIpc) is 3.06. The number of rotatable bonds is 7. The molecular formula is C23H29N3O2. The van der Waals surface area contributed by atoms with E-state index in [4.69, 9.17) is 4.74 Å². The number of carbonyl (C=O) groups is 1. The Morgan fingerprint density at radius 3 is 2.71 bits per heavy atom. The molecule has 1 aromatic carbocycles. The summed E-state index contributed by atoms with van der Waals surface area (Å²) in [6, 6.07) is 16.3. The van der Waals surface area contributed by atoms with Crippen molar-refractivity contribution < 1.29 is 9.53 Å². The number of aromatic nitrogens is 1. The maximum absolute atomic E-state index is 12.8. The fourth-order valence-corrected chi connectivity index (χ4v) is 4.40. The van der Waals surface area contributed by atoms with Crippen LogP contribution in [0.15, 0.2) is 54.7 Å². The molecule has 0 spiro atoms. The van der Waals surface area contributed by atoms with Gasteiger partial charge in [0.05, 0.1) is 6.61 Å². The highest BCUT2D eigenvalue weighted by molar-refractivity contribution is 5.92. The van der Waals surface area contributed by atoms with E-state index in [0.29, 0.717) is 24.3 Å². The van der Waals surface area contributed by atoms with Crippen molar-refractivity contribution in [2.24, 2.45) is 5.92 Å². The second-order valence-electron chi connectivity index (χ2n) is 7.91. The number of nitrogens with zero attached hydrogens (tertiary/aromatic N) is 3. The Kier molecular flexibility index (Phi) is 6.34. The fourth-order valence-electron chi connectivity index (χ4n) is 4.40. The Labute approximate surface area is 167 Å². The lowest BCUT2D eigenvalue weighted by atomic mass is 9.95. The van der Waals surface area contributed by atoms with Crippen LogP contribution in [-0.2, 0) is 11.3 Å². The van der Waals surface area contributed by atoms with Gasteiger partial charge in [0.1, 0.15) is 5.69 Å². The third kappa shape index (κ3) is 4.78. The maximum atomic E-state index is 12.8. The van der Waals surface area contributed by atoms with Crippen molar-refractivity contribution in [3.63, 3.8) is 0 Å². The summed E-state index contributed by atoms with van der Waals surface area (Å²) in [7, 11) is 0. The molecule has 0 saturated carbocycles. The van der Waals surface area contributed by atoms with E-state index < -0.39 is 0 Å². The molecule has 28 heavy (non-hydrogen) atoms. The Morgan fingerprint density at radius 1 is 1.04 bits per heavy atom. The molecule has 1 aromatic heterocycles. The molecule has 0 unspecified atom stereocenters. The van der Waals surface area contributed by atoms with Crippen LogP contribution in [0.3, 0.4) is 0 Å². The molecule has 148 valence electrons. The van der Waals surface area contributed by atoms with Crippen LogP contribution in [0.1, 0.15) is 35.3 Å². The fraction of sp³-hybridized carbons (Fsp3) is 0.478. The third-order valence-electron chi connectivity index (χ3n) is 5.84. The van der Waals surface area contributed by atoms with Crippen molar-refractivity contribution >= 4 is 5.91 Å². The third-order valence-corrected chi connectivity index (χ3v) is 5.84. The summed E-state index contributed by atoms with van der Waals surface area (Å²) in [6.07, 6.45) is 5.13. The molecule has 2 atom stereocenters. The molecule has 3 aliphatic rings. The molecule has 1 amide bonds. The molecule has 0 aliphatic carbocycles. The number of piperidine rings is 1. The van der Waals surface area contributed by atoms with E-state index in [0.717, 1.165) is 39.2 Å². The number of benzene rings is 1. The van der Waals surface area contributed by atoms with Crippen molar-refractivity contribution in [1.82, 2.24) is 14.8 Å². The van der Waals surface area contributed by atoms with Gasteiger partial charge < -0.3 is 9.64 Å². The van der Waals surface area contributed by atoms with Gasteiger partial charge in [-0.25, -0.2) is 0 Å². The summed E-state index contributed by atoms with van der Waals surface area (Å²) in [6.45, 7) is 5.26. The molecule has 3 fully saturated rings. The lowest BCUT2D eigenvalue weighted by molar-refractivity contribution is 0.0717. The lowest BCUT2D eigenvalue weighted by Gasteiger charge is -2.35. The van der Waals surface area contributed by atoms with E-state index in [-0.39, 0.29) is 5.91 Å². The highest BCUT2D eigenvalue weighted by atomic mass is 16.5. The highest BCUT2D eigenvalue weighted by Crippen LogP contribution is 2.28. The summed E-state index contributed by atoms with van der Waals surface area (Å²) >= 11 is 0. The van der Waals surface area contributed by atoms with Gasteiger partial charge in [0.2, 0.25) is 0 Å². The minimum absolute atomic E-state index is 0.0746. The van der Waals surface area contributed by atoms with E-state index in [2.05, 4.69) is 22.0 Å². The first-order chi connectivity index (χ1) is 13.8. The van der Waals surface area contributed by atoms with Crippen LogP contribution in [0.2, 0.25) is 0 Å². The summed E-state index contributed by atoms with van der Waals surface area (Å²) < 4.78 is 5.84. The van der Waals surface area contributed by atoms with Gasteiger partial charge in [-0.15, -0.1) is 0 Å². The smallest absolute Gasteiger partial charge is 0.272 e. The quantitative estimate of drug-likeness (QED) is 0.693. The van der Waals surface area contributed by atoms with E-state index in [1.807, 2.05) is 41.3 Å². The number of ether oxygens (including phenoxy) is 1. The van der Waals surface area contributed by atoms with Gasteiger partial charge in [-0.3, -0.25) is 14.7 Å². The van der Waals surface area contributed by atoms with Gasteiger partial charge in [-0.2, -0.15) is 0 Å². The molecular weight excluding hydrogens is 350 g/mol. The van der Waals surface area contributed by atoms with E-state index in [1.54, 1.807) is 6.20 Å². The zero-order chi connectivity index (χ0) is 19.2. The van der Waals surface area contributed by atoms with Crippen LogP contribution < -0.4 is 0 Å². The molecule has 4 heterocycles. The Balaban J connectivity index is 1.26. The van der Waals surface area contributed by atoms with Gasteiger partial charge in [0.15, 0.2) is 0 Å². The van der Waals surface area contributed by atoms with Gasteiger partial charge in [-0.1, -0.05) is 36.4 Å². The normalized spacial score (nSPS) is 22.2. The maximum Gasteiger partial charge on any atom is 0.272 e. The van der Waals surface area contributed by atoms with Gasteiger partial charge >= 0.3 is 0 Å². The first-order valence-corrected chi connectivity index (χ1v) is 10.4. The number of hydrogen-bond donors (Lipinski definition) is 0. The van der Waals surface area contributed by atoms with Crippen LogP contribution in [0.25, 0.3) is 0 Å². The summed E-state index contributed by atoms with van der Waals surface area (Å²) in [4.78, 5) is 21.7. The highest BCUT2D eigenvalue weighted by Gasteiger charge is 2.36. The standard InChI is InChI=1S/C23H29N3O2/c27-23(22-9-4-5-12-24-22)26-16-20-10-11-21(17-26)25(15-20)13-6-14-28-18-19-7-2-1-3-8-19/h1-5,7-9,12,20-21H,6,10-11,13-18H2/t20-,21-/m0/s1. The summed E-state index contributed by atoms with van der Waals surface area (Å²) in [5.41, 5.74) is 1.78. The van der Waals surface area contributed by atoms with Crippen LogP contribution in [0.5, 0.6) is 0 Å². The minimum atomic E-state index is 0.0746. The lowest BCUT2D eigenvalue weighted by Crippen LogP contribution is -2.45. The zero-order valence-corrected chi connectivity index (χ0v) is 16.4. The number of amides is 1. The second-order valence-corrected chi connectivity index (χ2v) is 7.91. The SMILES string of the molecule is O=C(c1ccccn1)N1C[C@H]2CC[C@@H](C1)N(CCCOCc1ccccc1)C2. The minimum Gasteiger partial charge on any atom is -0.377 e. The second kappa shape index (κ2) is 9.30. The average molecular weight is 380 g/mol. The summed E-state index contributed by atoms with van der Waals surface area (Å²) in [5, 5.41) is 0. The van der Waals surface area contributed by atoms with E-state index in [9.17, 15) is 4.79 Å². The molecule has 0 N–H and O–H groups in total. The van der Waals surface area contributed by atoms with Gasteiger partial charge in [0, 0.05) is 45.0 Å². The molecule has 0 radical (unpaired) electrons. The molecule has 5 rings (SSSR count). The van der Waals surface area contributed by atoms with E-state index in [1.165, 1.54) is 18.4 Å². The van der Waals surface area contributed by atoms with Crippen molar-refractivity contribution in [2.45, 2.75) is 31.9 Å².